The lowest BCUT2D eigenvalue weighted by atomic mass is 9.92. The quantitative estimate of drug-likeness (QED) is 0.464. The number of aromatic nitrogens is 1. The van der Waals surface area contributed by atoms with Gasteiger partial charge in [-0.15, -0.1) is 0 Å². The molecule has 3 rings (SSSR count). The van der Waals surface area contributed by atoms with Crippen molar-refractivity contribution in [2.75, 3.05) is 23.9 Å². The van der Waals surface area contributed by atoms with Crippen molar-refractivity contribution in [1.82, 2.24) is 10.3 Å². The first-order valence-electron chi connectivity index (χ1n) is 8.05. The van der Waals surface area contributed by atoms with Gasteiger partial charge in [-0.25, -0.2) is 9.98 Å². The molecule has 2 heterocycles. The molecular formula is C18H18N8O. The van der Waals surface area contributed by atoms with Gasteiger partial charge in [-0.2, -0.15) is 10.5 Å². The molecule has 1 aliphatic rings. The number of hydrogen-bond donors (Lipinski definition) is 4. The molecule has 0 saturated carbocycles. The van der Waals surface area contributed by atoms with E-state index in [4.69, 9.17) is 21.5 Å². The van der Waals surface area contributed by atoms with Crippen molar-refractivity contribution >= 4 is 23.3 Å². The number of aryl methyl sites for hydroxylation is 2. The third kappa shape index (κ3) is 2.92. The fraction of sp³-hybridized carbons (Fsp3) is 0.222. The van der Waals surface area contributed by atoms with Gasteiger partial charge in [0, 0.05) is 11.1 Å². The Hall–Kier alpha value is -3.98. The number of nitrogen functional groups attached to an aromatic ring is 2. The maximum absolute atomic E-state index is 9.40. The molecule has 0 spiro atoms. The molecule has 1 aliphatic heterocycles. The van der Waals surface area contributed by atoms with Gasteiger partial charge < -0.3 is 21.5 Å². The lowest BCUT2D eigenvalue weighted by molar-refractivity contribution is 0.404. The Labute approximate surface area is 156 Å². The summed E-state index contributed by atoms with van der Waals surface area (Å²) < 4.78 is 5.59. The average Bonchev–Trinajstić information content (AvgIpc) is 2.61. The number of anilines is 3. The summed E-state index contributed by atoms with van der Waals surface area (Å²) in [6, 6.07) is 5.28. The van der Waals surface area contributed by atoms with E-state index < -0.39 is 6.04 Å². The minimum atomic E-state index is -0.633. The molecule has 0 fully saturated rings. The number of nitrogens with one attached hydrogen (secondary N) is 2. The van der Waals surface area contributed by atoms with E-state index in [9.17, 15) is 5.26 Å². The van der Waals surface area contributed by atoms with Crippen LogP contribution < -0.4 is 26.8 Å². The summed E-state index contributed by atoms with van der Waals surface area (Å²) >= 11 is 0. The molecule has 0 bridgehead atoms. The zero-order valence-corrected chi connectivity index (χ0v) is 15.1. The minimum absolute atomic E-state index is 0.00518. The van der Waals surface area contributed by atoms with E-state index in [0.29, 0.717) is 17.1 Å². The molecule has 1 unspecified atom stereocenters. The van der Waals surface area contributed by atoms with Gasteiger partial charge in [0.15, 0.2) is 6.19 Å². The number of nitrogens with two attached hydrogens (primary N) is 2. The van der Waals surface area contributed by atoms with Crippen LogP contribution in [-0.2, 0) is 0 Å². The van der Waals surface area contributed by atoms with E-state index in [1.54, 1.807) is 7.11 Å². The van der Waals surface area contributed by atoms with Crippen molar-refractivity contribution in [3.8, 4) is 18.0 Å². The number of fused-ring (bicyclic) bond motifs is 1. The Morgan fingerprint density at radius 3 is 2.63 bits per heavy atom. The highest BCUT2D eigenvalue weighted by molar-refractivity contribution is 5.98. The van der Waals surface area contributed by atoms with Crippen molar-refractivity contribution in [2.45, 2.75) is 19.9 Å². The van der Waals surface area contributed by atoms with Gasteiger partial charge in [-0.3, -0.25) is 5.32 Å². The minimum Gasteiger partial charge on any atom is -0.496 e. The number of rotatable bonds is 2. The molecule has 0 aliphatic carbocycles. The molecule has 9 nitrogen and oxygen atoms in total. The van der Waals surface area contributed by atoms with Gasteiger partial charge in [0.1, 0.15) is 35.1 Å². The van der Waals surface area contributed by atoms with Crippen molar-refractivity contribution < 1.29 is 4.74 Å². The number of methoxy groups -OCH3 is 1. The van der Waals surface area contributed by atoms with Gasteiger partial charge in [-0.1, -0.05) is 11.6 Å². The molecule has 27 heavy (non-hydrogen) atoms. The number of hydrogen-bond acceptors (Lipinski definition) is 9. The predicted octanol–water partition coefficient (Wildman–Crippen LogP) is 1.68. The largest absolute Gasteiger partial charge is 0.496 e. The second kappa shape index (κ2) is 6.73. The van der Waals surface area contributed by atoms with Gasteiger partial charge >= 0.3 is 0 Å². The van der Waals surface area contributed by atoms with Crippen LogP contribution in [0.2, 0.25) is 0 Å². The SMILES string of the molecule is COc1c(C)cc(C)cc1C1N=C(NC#N)Nc2nc(N)c(C#N)c(N)c21. The van der Waals surface area contributed by atoms with Crippen molar-refractivity contribution in [2.24, 2.45) is 4.99 Å². The number of nitrogens with zero attached hydrogens (tertiary/aromatic N) is 4. The molecular weight excluding hydrogens is 344 g/mol. The average molecular weight is 362 g/mol. The summed E-state index contributed by atoms with van der Waals surface area (Å²) in [5.74, 6) is 1.19. The molecule has 136 valence electrons. The van der Waals surface area contributed by atoms with E-state index in [2.05, 4.69) is 20.6 Å². The highest BCUT2D eigenvalue weighted by Crippen LogP contribution is 2.44. The summed E-state index contributed by atoms with van der Waals surface area (Å²) in [4.78, 5) is 8.81. The van der Waals surface area contributed by atoms with Crippen molar-refractivity contribution in [3.63, 3.8) is 0 Å². The second-order valence-electron chi connectivity index (χ2n) is 6.11. The number of benzene rings is 1. The topological polar surface area (TPSA) is 158 Å². The molecule has 2 aromatic rings. The Balaban J connectivity index is 2.34. The van der Waals surface area contributed by atoms with E-state index in [0.717, 1.165) is 16.7 Å². The third-order valence-corrected chi connectivity index (χ3v) is 4.30. The molecule has 0 radical (unpaired) electrons. The molecule has 1 aromatic heterocycles. The smallest absolute Gasteiger partial charge is 0.211 e. The Bertz CT molecular complexity index is 1050. The highest BCUT2D eigenvalue weighted by Gasteiger charge is 2.31. The van der Waals surface area contributed by atoms with Crippen LogP contribution in [0.15, 0.2) is 17.1 Å². The van der Waals surface area contributed by atoms with Crippen LogP contribution in [0.25, 0.3) is 0 Å². The summed E-state index contributed by atoms with van der Waals surface area (Å²) in [7, 11) is 1.58. The first-order valence-corrected chi connectivity index (χ1v) is 8.05. The molecule has 6 N–H and O–H groups in total. The van der Waals surface area contributed by atoms with E-state index >= 15 is 0 Å². The lowest BCUT2D eigenvalue weighted by Gasteiger charge is -2.27. The number of nitriles is 2. The van der Waals surface area contributed by atoms with E-state index in [1.807, 2.05) is 38.2 Å². The summed E-state index contributed by atoms with van der Waals surface area (Å²) in [6.07, 6.45) is 1.83. The maximum atomic E-state index is 9.40. The zero-order valence-electron chi connectivity index (χ0n) is 15.1. The second-order valence-corrected chi connectivity index (χ2v) is 6.11. The lowest BCUT2D eigenvalue weighted by Crippen LogP contribution is -2.33. The van der Waals surface area contributed by atoms with Crippen LogP contribution in [0, 0.1) is 36.6 Å². The predicted molar refractivity (Wildman–Crippen MR) is 102 cm³/mol. The van der Waals surface area contributed by atoms with Crippen LogP contribution in [0.3, 0.4) is 0 Å². The van der Waals surface area contributed by atoms with E-state index in [1.165, 1.54) is 0 Å². The number of ether oxygens (including phenoxy) is 1. The molecule has 0 saturated heterocycles. The highest BCUT2D eigenvalue weighted by atomic mass is 16.5. The van der Waals surface area contributed by atoms with Crippen molar-refractivity contribution in [1.29, 1.82) is 10.5 Å². The third-order valence-electron chi connectivity index (χ3n) is 4.30. The number of pyridine rings is 1. The Kier molecular flexibility index (Phi) is 4.44. The molecule has 0 amide bonds. The van der Waals surface area contributed by atoms with Gasteiger partial charge in [0.2, 0.25) is 5.96 Å². The first-order chi connectivity index (χ1) is 12.9. The van der Waals surface area contributed by atoms with Gasteiger partial charge in [0.05, 0.1) is 12.8 Å². The summed E-state index contributed by atoms with van der Waals surface area (Å²) in [5.41, 5.74) is 15.6. The molecule has 1 aromatic carbocycles. The van der Waals surface area contributed by atoms with E-state index in [-0.39, 0.29) is 23.0 Å². The fourth-order valence-corrected chi connectivity index (χ4v) is 3.28. The van der Waals surface area contributed by atoms with Crippen LogP contribution in [-0.4, -0.2) is 18.1 Å². The summed E-state index contributed by atoms with van der Waals surface area (Å²) in [6.45, 7) is 3.89. The maximum Gasteiger partial charge on any atom is 0.211 e. The molecule has 1 atom stereocenters. The fourth-order valence-electron chi connectivity index (χ4n) is 3.28. The van der Waals surface area contributed by atoms with Crippen LogP contribution in [0.1, 0.15) is 33.9 Å². The Morgan fingerprint density at radius 1 is 1.26 bits per heavy atom. The Morgan fingerprint density at radius 2 is 2.00 bits per heavy atom. The summed E-state index contributed by atoms with van der Waals surface area (Å²) in [5, 5.41) is 23.7. The number of aliphatic imine (C=N–C) groups is 1. The van der Waals surface area contributed by atoms with Crippen LogP contribution in [0.4, 0.5) is 17.3 Å². The standard InChI is InChI=1S/C18H18N8O/c1-8-4-9(2)15(27-3)10(5-8)14-12-13(21)11(6-19)16(22)25-17(12)26-18(24-14)23-7-20/h4-5,14H,1-3H3,(H6,21,22,23,24,25,26). The van der Waals surface area contributed by atoms with Crippen LogP contribution in [0.5, 0.6) is 5.75 Å². The monoisotopic (exact) mass is 362 g/mol. The zero-order chi connectivity index (χ0) is 19.7. The van der Waals surface area contributed by atoms with Gasteiger partial charge in [0.25, 0.3) is 0 Å². The van der Waals surface area contributed by atoms with Gasteiger partial charge in [-0.05, 0) is 25.5 Å². The molecule has 9 heteroatoms. The normalized spacial score (nSPS) is 14.9. The van der Waals surface area contributed by atoms with Crippen LogP contribution >= 0.6 is 0 Å². The number of guanidine groups is 1. The first kappa shape index (κ1) is 17.8. The van der Waals surface area contributed by atoms with Crippen molar-refractivity contribution in [3.05, 3.63) is 39.9 Å².